The van der Waals surface area contributed by atoms with Gasteiger partial charge in [0, 0.05) is 13.0 Å². The molecule has 1 saturated heterocycles. The molecule has 3 N–H and O–H groups in total. The molecule has 1 aromatic carbocycles. The summed E-state index contributed by atoms with van der Waals surface area (Å²) in [6.07, 6.45) is 0.485. The van der Waals surface area contributed by atoms with Crippen molar-refractivity contribution >= 4 is 23.4 Å². The lowest BCUT2D eigenvalue weighted by molar-refractivity contribution is -0.134. The van der Waals surface area contributed by atoms with E-state index in [2.05, 4.69) is 16.0 Å². The van der Waals surface area contributed by atoms with Crippen molar-refractivity contribution in [3.05, 3.63) is 23.8 Å². The van der Waals surface area contributed by atoms with Crippen LogP contribution in [0.4, 0.5) is 5.69 Å². The largest absolute Gasteiger partial charge is 0.489 e. The molecule has 7 nitrogen and oxygen atoms in total. The summed E-state index contributed by atoms with van der Waals surface area (Å²) >= 11 is 0. The van der Waals surface area contributed by atoms with Gasteiger partial charge in [0.2, 0.25) is 11.8 Å². The summed E-state index contributed by atoms with van der Waals surface area (Å²) in [7, 11) is 0. The number of amides is 3. The van der Waals surface area contributed by atoms with E-state index in [1.54, 1.807) is 18.2 Å². The van der Waals surface area contributed by atoms with Gasteiger partial charge in [0.25, 0.3) is 5.91 Å². The van der Waals surface area contributed by atoms with Gasteiger partial charge in [-0.2, -0.15) is 0 Å². The maximum absolute atomic E-state index is 12.6. The number of carbonyl (C=O) groups excluding carboxylic acids is 3. The molecule has 1 unspecified atom stereocenters. The number of piperidine rings is 1. The van der Waals surface area contributed by atoms with E-state index in [1.165, 1.54) is 0 Å². The van der Waals surface area contributed by atoms with Crippen molar-refractivity contribution in [2.75, 3.05) is 11.9 Å². The van der Waals surface area contributed by atoms with Crippen LogP contribution in [0, 0.1) is 0 Å². The fraction of sp³-hybridized carbons (Fsp3) is 0.471. The average molecular weight is 333 g/mol. The molecule has 1 aliphatic heterocycles. The van der Waals surface area contributed by atoms with Crippen LogP contribution in [0.5, 0.6) is 5.75 Å². The quantitative estimate of drug-likeness (QED) is 0.685. The Labute approximate surface area is 141 Å². The summed E-state index contributed by atoms with van der Waals surface area (Å²) in [5.41, 5.74) is 0.998. The van der Waals surface area contributed by atoms with Crippen LogP contribution in [0.25, 0.3) is 0 Å². The number of hydrogen-bond acceptors (Lipinski definition) is 5. The Morgan fingerprint density at radius 3 is 2.75 bits per heavy atom. The van der Waals surface area contributed by atoms with E-state index in [1.807, 2.05) is 20.8 Å². The summed E-state index contributed by atoms with van der Waals surface area (Å²) in [6, 6.07) is 4.49. The minimum atomic E-state index is -0.709. The standard InChI is InChI=1S/C17H23N3O4/c1-4-18-15-11(6-5-7-13(15)24-10(2)3)16(22)19-12-8-9-14(21)20-17(12)23/h5-7,10,12,18H,4,8-9H2,1-3H3,(H,19,22)(H,20,21,23). The molecule has 130 valence electrons. The van der Waals surface area contributed by atoms with Gasteiger partial charge in [-0.1, -0.05) is 6.07 Å². The number of rotatable bonds is 6. The van der Waals surface area contributed by atoms with Crippen LogP contribution in [0.1, 0.15) is 44.0 Å². The van der Waals surface area contributed by atoms with Gasteiger partial charge in [0.1, 0.15) is 11.8 Å². The first-order valence-electron chi connectivity index (χ1n) is 8.10. The monoisotopic (exact) mass is 333 g/mol. The summed E-state index contributed by atoms with van der Waals surface area (Å²) in [6.45, 7) is 6.36. The molecule has 1 fully saturated rings. The Morgan fingerprint density at radius 1 is 1.38 bits per heavy atom. The Bertz CT molecular complexity index is 643. The number of nitrogens with one attached hydrogen (secondary N) is 3. The molecule has 1 aromatic rings. The van der Waals surface area contributed by atoms with Gasteiger partial charge in [-0.3, -0.25) is 19.7 Å². The number of benzene rings is 1. The molecule has 0 spiro atoms. The summed E-state index contributed by atoms with van der Waals surface area (Å²) < 4.78 is 5.75. The van der Waals surface area contributed by atoms with Crippen LogP contribution in [-0.4, -0.2) is 36.4 Å². The first-order valence-corrected chi connectivity index (χ1v) is 8.10. The Hall–Kier alpha value is -2.57. The zero-order valence-corrected chi connectivity index (χ0v) is 14.1. The van der Waals surface area contributed by atoms with E-state index < -0.39 is 11.9 Å². The number of hydrogen-bond donors (Lipinski definition) is 3. The predicted molar refractivity (Wildman–Crippen MR) is 90.0 cm³/mol. The molecule has 1 heterocycles. The molecule has 2 rings (SSSR count). The first-order chi connectivity index (χ1) is 11.4. The Kier molecular flexibility index (Phi) is 5.78. The molecule has 1 aliphatic rings. The molecular formula is C17H23N3O4. The molecule has 0 bridgehead atoms. The van der Waals surface area contributed by atoms with Gasteiger partial charge >= 0.3 is 0 Å². The van der Waals surface area contributed by atoms with Crippen LogP contribution < -0.4 is 20.7 Å². The molecule has 7 heteroatoms. The summed E-state index contributed by atoms with van der Waals surface area (Å²) in [5.74, 6) is -0.581. The first kappa shape index (κ1) is 17.8. The molecule has 24 heavy (non-hydrogen) atoms. The van der Waals surface area contributed by atoms with E-state index >= 15 is 0 Å². The smallest absolute Gasteiger partial charge is 0.254 e. The van der Waals surface area contributed by atoms with Crippen LogP contribution in [0.2, 0.25) is 0 Å². The van der Waals surface area contributed by atoms with Crippen molar-refractivity contribution in [3.63, 3.8) is 0 Å². The number of anilines is 1. The van der Waals surface area contributed by atoms with Gasteiger partial charge in [0.05, 0.1) is 17.4 Å². The molecule has 1 atom stereocenters. The molecule has 0 saturated carbocycles. The Morgan fingerprint density at radius 2 is 2.12 bits per heavy atom. The van der Waals surface area contributed by atoms with Crippen molar-refractivity contribution in [1.82, 2.24) is 10.6 Å². The lowest BCUT2D eigenvalue weighted by Gasteiger charge is -2.23. The van der Waals surface area contributed by atoms with Crippen LogP contribution in [0.15, 0.2) is 18.2 Å². The number of para-hydroxylation sites is 1. The second-order valence-corrected chi connectivity index (χ2v) is 5.85. The zero-order chi connectivity index (χ0) is 17.7. The molecule has 3 amide bonds. The van der Waals surface area contributed by atoms with Crippen molar-refractivity contribution in [1.29, 1.82) is 0 Å². The van der Waals surface area contributed by atoms with Gasteiger partial charge in [0.15, 0.2) is 0 Å². The number of carbonyl (C=O) groups is 3. The maximum atomic E-state index is 12.6. The molecule has 0 radical (unpaired) electrons. The third-order valence-electron chi connectivity index (χ3n) is 3.53. The highest BCUT2D eigenvalue weighted by Crippen LogP contribution is 2.29. The normalized spacial score (nSPS) is 17.4. The van der Waals surface area contributed by atoms with Gasteiger partial charge < -0.3 is 15.4 Å². The topological polar surface area (TPSA) is 96.5 Å². The van der Waals surface area contributed by atoms with Gasteiger partial charge in [-0.25, -0.2) is 0 Å². The lowest BCUT2D eigenvalue weighted by atomic mass is 10.0. The van der Waals surface area contributed by atoms with Crippen molar-refractivity contribution in [2.45, 2.75) is 45.8 Å². The second-order valence-electron chi connectivity index (χ2n) is 5.85. The second kappa shape index (κ2) is 7.81. The van der Waals surface area contributed by atoms with E-state index in [0.717, 1.165) is 0 Å². The van der Waals surface area contributed by atoms with E-state index in [-0.39, 0.29) is 24.3 Å². The minimum absolute atomic E-state index is 0.0316. The highest BCUT2D eigenvalue weighted by atomic mass is 16.5. The highest BCUT2D eigenvalue weighted by molar-refractivity contribution is 6.06. The van der Waals surface area contributed by atoms with Crippen molar-refractivity contribution in [3.8, 4) is 5.75 Å². The van der Waals surface area contributed by atoms with Crippen LogP contribution >= 0.6 is 0 Å². The van der Waals surface area contributed by atoms with Crippen LogP contribution in [0.3, 0.4) is 0 Å². The molecular weight excluding hydrogens is 310 g/mol. The third-order valence-corrected chi connectivity index (χ3v) is 3.53. The van der Waals surface area contributed by atoms with Crippen molar-refractivity contribution in [2.24, 2.45) is 0 Å². The van der Waals surface area contributed by atoms with E-state index in [4.69, 9.17) is 4.74 Å². The number of imide groups is 1. The van der Waals surface area contributed by atoms with Gasteiger partial charge in [-0.05, 0) is 39.3 Å². The number of ether oxygens (including phenoxy) is 1. The fourth-order valence-corrected chi connectivity index (χ4v) is 2.50. The SMILES string of the molecule is CCNc1c(OC(C)C)cccc1C(=O)NC1CCC(=O)NC1=O. The molecule has 0 aromatic heterocycles. The average Bonchev–Trinajstić information content (AvgIpc) is 2.51. The zero-order valence-electron chi connectivity index (χ0n) is 14.1. The van der Waals surface area contributed by atoms with E-state index in [0.29, 0.717) is 30.0 Å². The van der Waals surface area contributed by atoms with Crippen LogP contribution in [-0.2, 0) is 9.59 Å². The maximum Gasteiger partial charge on any atom is 0.254 e. The molecule has 0 aliphatic carbocycles. The predicted octanol–water partition coefficient (Wildman–Crippen LogP) is 1.44. The summed E-state index contributed by atoms with van der Waals surface area (Å²) in [4.78, 5) is 35.6. The summed E-state index contributed by atoms with van der Waals surface area (Å²) in [5, 5.41) is 8.06. The van der Waals surface area contributed by atoms with Crippen molar-refractivity contribution < 1.29 is 19.1 Å². The van der Waals surface area contributed by atoms with E-state index in [9.17, 15) is 14.4 Å². The fourth-order valence-electron chi connectivity index (χ4n) is 2.50. The highest BCUT2D eigenvalue weighted by Gasteiger charge is 2.29. The third kappa shape index (κ3) is 4.24. The van der Waals surface area contributed by atoms with Gasteiger partial charge in [-0.15, -0.1) is 0 Å². The lowest BCUT2D eigenvalue weighted by Crippen LogP contribution is -2.52. The Balaban J connectivity index is 2.21. The minimum Gasteiger partial charge on any atom is -0.489 e.